The van der Waals surface area contributed by atoms with Crippen molar-refractivity contribution < 1.29 is 19.7 Å². The molecule has 0 aromatic heterocycles. The zero-order valence-electron chi connectivity index (χ0n) is 9.67. The van der Waals surface area contributed by atoms with Crippen LogP contribution in [0.2, 0.25) is 5.02 Å². The lowest BCUT2D eigenvalue weighted by atomic mass is 10.0. The van der Waals surface area contributed by atoms with Gasteiger partial charge in [-0.25, -0.2) is 0 Å². The van der Waals surface area contributed by atoms with E-state index >= 15 is 0 Å². The van der Waals surface area contributed by atoms with Crippen LogP contribution in [0.1, 0.15) is 11.6 Å². The van der Waals surface area contributed by atoms with Gasteiger partial charge in [-0.1, -0.05) is 11.6 Å². The fraction of sp³-hybridized carbons (Fsp3) is 0.417. The number of carbonyl (C=O) groups is 1. The van der Waals surface area contributed by atoms with Crippen molar-refractivity contribution in [2.24, 2.45) is 0 Å². The average molecular weight is 272 g/mol. The third-order valence-electron chi connectivity index (χ3n) is 2.93. The molecule has 1 atom stereocenters. The molecule has 1 saturated heterocycles. The molecule has 1 aliphatic heterocycles. The standard InChI is InChI=1S/C12H14ClNO4/c13-8-1-2-10(15)9(7-8)11(12(16)17)14-3-5-18-6-4-14/h1-2,7,11,15H,3-6H2,(H,16,17). The molecule has 0 amide bonds. The number of rotatable bonds is 3. The van der Waals surface area contributed by atoms with Crippen LogP contribution in [0, 0.1) is 0 Å². The second-order valence-corrected chi connectivity index (χ2v) is 4.53. The van der Waals surface area contributed by atoms with Crippen molar-refractivity contribution in [3.05, 3.63) is 28.8 Å². The molecule has 0 saturated carbocycles. The topological polar surface area (TPSA) is 70.0 Å². The van der Waals surface area contributed by atoms with Crippen molar-refractivity contribution in [3.8, 4) is 5.75 Å². The van der Waals surface area contributed by atoms with E-state index in [0.29, 0.717) is 36.9 Å². The number of carboxylic acids is 1. The van der Waals surface area contributed by atoms with Gasteiger partial charge in [0.2, 0.25) is 0 Å². The molecule has 2 rings (SSSR count). The van der Waals surface area contributed by atoms with E-state index in [1.54, 1.807) is 4.90 Å². The average Bonchev–Trinajstić information content (AvgIpc) is 2.35. The molecule has 0 spiro atoms. The Bertz CT molecular complexity index is 446. The van der Waals surface area contributed by atoms with Crippen molar-refractivity contribution in [3.63, 3.8) is 0 Å². The third kappa shape index (κ3) is 2.75. The van der Waals surface area contributed by atoms with Crippen molar-refractivity contribution in [1.29, 1.82) is 0 Å². The van der Waals surface area contributed by atoms with Gasteiger partial charge in [0, 0.05) is 23.7 Å². The summed E-state index contributed by atoms with van der Waals surface area (Å²) in [5.74, 6) is -1.06. The number of morpholine rings is 1. The molecule has 2 N–H and O–H groups in total. The van der Waals surface area contributed by atoms with E-state index in [1.807, 2.05) is 0 Å². The molecule has 0 bridgehead atoms. The molecule has 1 aromatic carbocycles. The first kappa shape index (κ1) is 13.1. The summed E-state index contributed by atoms with van der Waals surface area (Å²) in [4.78, 5) is 13.2. The maximum Gasteiger partial charge on any atom is 0.325 e. The van der Waals surface area contributed by atoms with Gasteiger partial charge >= 0.3 is 5.97 Å². The summed E-state index contributed by atoms with van der Waals surface area (Å²) in [6.07, 6.45) is 0. The second kappa shape index (κ2) is 5.56. The summed E-state index contributed by atoms with van der Waals surface area (Å²) < 4.78 is 5.20. The maximum absolute atomic E-state index is 11.4. The number of aromatic hydroxyl groups is 1. The Morgan fingerprint density at radius 3 is 2.67 bits per heavy atom. The van der Waals surface area contributed by atoms with Gasteiger partial charge in [-0.15, -0.1) is 0 Å². The van der Waals surface area contributed by atoms with Crippen LogP contribution in [0.4, 0.5) is 0 Å². The molecule has 6 heteroatoms. The van der Waals surface area contributed by atoms with Crippen LogP contribution in [0.15, 0.2) is 18.2 Å². The van der Waals surface area contributed by atoms with Crippen LogP contribution in [0.25, 0.3) is 0 Å². The van der Waals surface area contributed by atoms with Crippen LogP contribution in [0.5, 0.6) is 5.75 Å². The highest BCUT2D eigenvalue weighted by Crippen LogP contribution is 2.31. The van der Waals surface area contributed by atoms with E-state index in [2.05, 4.69) is 0 Å². The summed E-state index contributed by atoms with van der Waals surface area (Å²) in [5.41, 5.74) is 0.317. The summed E-state index contributed by atoms with van der Waals surface area (Å²) in [7, 11) is 0. The van der Waals surface area contributed by atoms with E-state index in [9.17, 15) is 15.0 Å². The number of benzene rings is 1. The fourth-order valence-corrected chi connectivity index (χ4v) is 2.25. The predicted molar refractivity (Wildman–Crippen MR) is 65.9 cm³/mol. The van der Waals surface area contributed by atoms with Gasteiger partial charge in [0.1, 0.15) is 11.8 Å². The number of phenolic OH excluding ortho intramolecular Hbond substituents is 1. The molecular formula is C12H14ClNO4. The van der Waals surface area contributed by atoms with Crippen molar-refractivity contribution in [2.45, 2.75) is 6.04 Å². The van der Waals surface area contributed by atoms with E-state index in [4.69, 9.17) is 16.3 Å². The lowest BCUT2D eigenvalue weighted by molar-refractivity contribution is -0.145. The Labute approximate surface area is 110 Å². The van der Waals surface area contributed by atoms with Gasteiger partial charge in [0.25, 0.3) is 0 Å². The van der Waals surface area contributed by atoms with Crippen LogP contribution in [-0.2, 0) is 9.53 Å². The number of carboxylic acid groups (broad SMARTS) is 1. The number of aliphatic carboxylic acids is 1. The molecule has 5 nitrogen and oxygen atoms in total. The van der Waals surface area contributed by atoms with Gasteiger partial charge in [-0.2, -0.15) is 0 Å². The SMILES string of the molecule is O=C(O)C(c1cc(Cl)ccc1O)N1CCOCC1. The minimum absolute atomic E-state index is 0.0571. The zero-order valence-corrected chi connectivity index (χ0v) is 10.4. The Hall–Kier alpha value is -1.30. The smallest absolute Gasteiger partial charge is 0.325 e. The van der Waals surface area contributed by atoms with E-state index in [0.717, 1.165) is 0 Å². The van der Waals surface area contributed by atoms with Crippen LogP contribution in [-0.4, -0.2) is 47.4 Å². The summed E-state index contributed by atoms with van der Waals surface area (Å²) >= 11 is 5.86. The fourth-order valence-electron chi connectivity index (χ4n) is 2.07. The molecule has 98 valence electrons. The van der Waals surface area contributed by atoms with Gasteiger partial charge in [0.15, 0.2) is 0 Å². The molecule has 0 radical (unpaired) electrons. The normalized spacial score (nSPS) is 18.5. The number of hydrogen-bond acceptors (Lipinski definition) is 4. The third-order valence-corrected chi connectivity index (χ3v) is 3.16. The monoisotopic (exact) mass is 271 g/mol. The lowest BCUT2D eigenvalue weighted by Gasteiger charge is -2.32. The number of ether oxygens (including phenoxy) is 1. The maximum atomic E-state index is 11.4. The highest BCUT2D eigenvalue weighted by molar-refractivity contribution is 6.30. The van der Waals surface area contributed by atoms with E-state index < -0.39 is 12.0 Å². The Morgan fingerprint density at radius 1 is 1.39 bits per heavy atom. The number of halogens is 1. The summed E-state index contributed by atoms with van der Waals surface area (Å²) in [5, 5.41) is 19.6. The molecule has 1 aromatic rings. The lowest BCUT2D eigenvalue weighted by Crippen LogP contribution is -2.42. The minimum atomic E-state index is -1.01. The first-order chi connectivity index (χ1) is 8.59. The first-order valence-corrected chi connectivity index (χ1v) is 6.00. The number of hydrogen-bond donors (Lipinski definition) is 2. The van der Waals surface area contributed by atoms with Crippen LogP contribution in [0.3, 0.4) is 0 Å². The Morgan fingerprint density at radius 2 is 2.06 bits per heavy atom. The molecule has 18 heavy (non-hydrogen) atoms. The molecule has 1 unspecified atom stereocenters. The van der Waals surface area contributed by atoms with Crippen LogP contribution >= 0.6 is 11.6 Å². The van der Waals surface area contributed by atoms with E-state index in [1.165, 1.54) is 18.2 Å². The zero-order chi connectivity index (χ0) is 13.1. The van der Waals surface area contributed by atoms with E-state index in [-0.39, 0.29) is 5.75 Å². The predicted octanol–water partition coefficient (Wildman–Crippen LogP) is 1.50. The highest BCUT2D eigenvalue weighted by Gasteiger charge is 2.30. The second-order valence-electron chi connectivity index (χ2n) is 4.09. The molecular weight excluding hydrogens is 258 g/mol. The Balaban J connectivity index is 2.34. The minimum Gasteiger partial charge on any atom is -0.508 e. The van der Waals surface area contributed by atoms with Gasteiger partial charge in [-0.3, -0.25) is 9.69 Å². The first-order valence-electron chi connectivity index (χ1n) is 5.62. The Kier molecular flexibility index (Phi) is 4.06. The van der Waals surface area contributed by atoms with Crippen LogP contribution < -0.4 is 0 Å². The quantitative estimate of drug-likeness (QED) is 0.872. The van der Waals surface area contributed by atoms with Gasteiger partial charge < -0.3 is 14.9 Å². The van der Waals surface area contributed by atoms with Crippen molar-refractivity contribution >= 4 is 17.6 Å². The molecule has 1 heterocycles. The molecule has 0 aliphatic carbocycles. The molecule has 1 aliphatic rings. The number of phenols is 1. The summed E-state index contributed by atoms with van der Waals surface area (Å²) in [6.45, 7) is 2.02. The van der Waals surface area contributed by atoms with Gasteiger partial charge in [-0.05, 0) is 18.2 Å². The van der Waals surface area contributed by atoms with Crippen molar-refractivity contribution in [1.82, 2.24) is 4.90 Å². The highest BCUT2D eigenvalue weighted by atomic mass is 35.5. The van der Waals surface area contributed by atoms with Crippen molar-refractivity contribution in [2.75, 3.05) is 26.3 Å². The molecule has 1 fully saturated rings. The largest absolute Gasteiger partial charge is 0.508 e. The van der Waals surface area contributed by atoms with Gasteiger partial charge in [0.05, 0.1) is 13.2 Å². The summed E-state index contributed by atoms with van der Waals surface area (Å²) in [6, 6.07) is 3.53. The number of nitrogens with zero attached hydrogens (tertiary/aromatic N) is 1.